The maximum absolute atomic E-state index is 13.2. The molecule has 2 aliphatic carbocycles. The predicted molar refractivity (Wildman–Crippen MR) is 121 cm³/mol. The fraction of sp³-hybridized carbons (Fsp3) is 0.409. The molecule has 168 valence electrons. The van der Waals surface area contributed by atoms with Crippen molar-refractivity contribution in [2.45, 2.75) is 60.6 Å². The third-order valence-electron chi connectivity index (χ3n) is 6.20. The number of rotatable bonds is 6. The fourth-order valence-electron chi connectivity index (χ4n) is 4.33. The Morgan fingerprint density at radius 3 is 2.59 bits per heavy atom. The van der Waals surface area contributed by atoms with Crippen molar-refractivity contribution < 1.29 is 18.3 Å². The van der Waals surface area contributed by atoms with Gasteiger partial charge in [0.05, 0.1) is 25.7 Å². The van der Waals surface area contributed by atoms with Gasteiger partial charge < -0.3 is 10.4 Å². The van der Waals surface area contributed by atoms with Gasteiger partial charge in [0.15, 0.2) is 9.84 Å². The summed E-state index contributed by atoms with van der Waals surface area (Å²) in [5.74, 6) is 0.271. The van der Waals surface area contributed by atoms with Gasteiger partial charge in [-0.15, -0.1) is 11.3 Å². The van der Waals surface area contributed by atoms with E-state index >= 15 is 0 Å². The zero-order chi connectivity index (χ0) is 22.3. The van der Waals surface area contributed by atoms with Gasteiger partial charge in [0.25, 0.3) is 0 Å². The van der Waals surface area contributed by atoms with E-state index in [1.54, 1.807) is 35.4 Å². The monoisotopic (exact) mass is 472 g/mol. The average molecular weight is 473 g/mol. The molecule has 3 aromatic rings. The molecular weight excluding hydrogens is 448 g/mol. The topological polar surface area (TPSA) is 114 Å². The first-order valence-electron chi connectivity index (χ1n) is 10.8. The Morgan fingerprint density at radius 2 is 1.94 bits per heavy atom. The van der Waals surface area contributed by atoms with Crippen LogP contribution in [0.15, 0.2) is 47.8 Å². The lowest BCUT2D eigenvalue weighted by Gasteiger charge is -2.27. The molecule has 0 bridgehead atoms. The highest BCUT2D eigenvalue weighted by atomic mass is 32.2. The number of carbonyl (C=O) groups is 1. The van der Waals surface area contributed by atoms with Gasteiger partial charge in [0.2, 0.25) is 0 Å². The number of thiazole rings is 1. The molecule has 8 nitrogen and oxygen atoms in total. The summed E-state index contributed by atoms with van der Waals surface area (Å²) >= 11 is 1.54. The lowest BCUT2D eigenvalue weighted by Crippen LogP contribution is -2.36. The Balaban J connectivity index is 1.44. The first-order valence-corrected chi connectivity index (χ1v) is 13.1. The average Bonchev–Trinajstić information content (AvgIpc) is 3.30. The third kappa shape index (κ3) is 4.16. The van der Waals surface area contributed by atoms with Gasteiger partial charge in [-0.05, 0) is 56.7 Å². The minimum absolute atomic E-state index is 0.00619. The zero-order valence-corrected chi connectivity index (χ0v) is 19.0. The number of benzene rings is 1. The molecule has 0 atom stereocenters. The minimum Gasteiger partial charge on any atom is -0.465 e. The van der Waals surface area contributed by atoms with Crippen LogP contribution in [0.3, 0.4) is 0 Å². The molecule has 0 spiro atoms. The number of aromatic nitrogens is 3. The summed E-state index contributed by atoms with van der Waals surface area (Å²) in [6, 6.07) is 7.26. The smallest absolute Gasteiger partial charge is 0.404 e. The lowest BCUT2D eigenvalue weighted by molar-refractivity contribution is 0.185. The summed E-state index contributed by atoms with van der Waals surface area (Å²) in [5, 5.41) is 16.4. The quantitative estimate of drug-likeness (QED) is 0.555. The second-order valence-corrected chi connectivity index (χ2v) is 11.7. The Bertz CT molecular complexity index is 1220. The Kier molecular flexibility index (Phi) is 5.50. The van der Waals surface area contributed by atoms with Crippen molar-refractivity contribution in [3.63, 3.8) is 0 Å². The molecule has 2 aliphatic rings. The fourth-order valence-corrected chi connectivity index (χ4v) is 7.41. The third-order valence-corrected chi connectivity index (χ3v) is 9.69. The second kappa shape index (κ2) is 8.32. The molecule has 5 rings (SSSR count). The number of carboxylic acid groups (broad SMARTS) is 1. The van der Waals surface area contributed by atoms with Crippen LogP contribution in [0.25, 0.3) is 16.1 Å². The molecule has 1 amide bonds. The summed E-state index contributed by atoms with van der Waals surface area (Å²) < 4.78 is 28.1. The van der Waals surface area contributed by atoms with Gasteiger partial charge >= 0.3 is 6.09 Å². The van der Waals surface area contributed by atoms with Crippen LogP contribution >= 0.6 is 11.3 Å². The standard InChI is InChI=1S/C22H24N4O4S2/c27-22(28)25-15-4-2-14(3-5-15)21-23-13-19(31-21)18-9-6-16(26-11-1-10-24-26)12-20(18)32(29,30)17-7-8-17/h1,6,9-15,17,25H,2-5,7-8H2,(H,27,28). The normalized spacial score (nSPS) is 21.4. The van der Waals surface area contributed by atoms with Gasteiger partial charge in [0.1, 0.15) is 0 Å². The van der Waals surface area contributed by atoms with Crippen molar-refractivity contribution >= 4 is 27.3 Å². The van der Waals surface area contributed by atoms with E-state index in [2.05, 4.69) is 15.4 Å². The van der Waals surface area contributed by atoms with Crippen LogP contribution in [0.2, 0.25) is 0 Å². The molecule has 0 radical (unpaired) electrons. The zero-order valence-electron chi connectivity index (χ0n) is 17.3. The van der Waals surface area contributed by atoms with Gasteiger partial charge in [-0.25, -0.2) is 22.9 Å². The van der Waals surface area contributed by atoms with Crippen LogP contribution < -0.4 is 5.32 Å². The lowest BCUT2D eigenvalue weighted by atomic mass is 9.86. The van der Waals surface area contributed by atoms with Crippen LogP contribution in [-0.4, -0.2) is 45.7 Å². The van der Waals surface area contributed by atoms with Crippen LogP contribution in [0.4, 0.5) is 4.79 Å². The highest BCUT2D eigenvalue weighted by Gasteiger charge is 2.39. The highest BCUT2D eigenvalue weighted by molar-refractivity contribution is 7.92. The Morgan fingerprint density at radius 1 is 1.16 bits per heavy atom. The van der Waals surface area contributed by atoms with E-state index in [1.807, 2.05) is 12.1 Å². The molecule has 2 N–H and O–H groups in total. The number of nitrogens with one attached hydrogen (secondary N) is 1. The molecule has 10 heteroatoms. The molecular formula is C22H24N4O4S2. The predicted octanol–water partition coefficient (Wildman–Crippen LogP) is 4.23. The highest BCUT2D eigenvalue weighted by Crippen LogP contribution is 2.42. The first-order chi connectivity index (χ1) is 15.4. The Labute approximate surface area is 190 Å². The van der Waals surface area contributed by atoms with Crippen molar-refractivity contribution in [3.05, 3.63) is 47.9 Å². The van der Waals surface area contributed by atoms with Crippen LogP contribution in [-0.2, 0) is 9.84 Å². The van der Waals surface area contributed by atoms with Gasteiger partial charge in [-0.1, -0.05) is 6.07 Å². The SMILES string of the molecule is O=C(O)NC1CCC(c2ncc(-c3ccc(-n4cccn4)cc3S(=O)(=O)C3CC3)s2)CC1. The van der Waals surface area contributed by atoms with Crippen molar-refractivity contribution in [1.82, 2.24) is 20.1 Å². The summed E-state index contributed by atoms with van der Waals surface area (Å²) in [6.45, 7) is 0. The van der Waals surface area contributed by atoms with Crippen molar-refractivity contribution in [2.75, 3.05) is 0 Å². The van der Waals surface area contributed by atoms with Crippen molar-refractivity contribution in [1.29, 1.82) is 0 Å². The number of hydrogen-bond acceptors (Lipinski definition) is 6. The Hall–Kier alpha value is -2.72. The van der Waals surface area contributed by atoms with Crippen molar-refractivity contribution in [2.24, 2.45) is 0 Å². The van der Waals surface area contributed by atoms with Gasteiger partial charge in [-0.3, -0.25) is 0 Å². The van der Waals surface area contributed by atoms with Crippen molar-refractivity contribution in [3.8, 4) is 16.1 Å². The number of amides is 1. The number of sulfone groups is 1. The van der Waals surface area contributed by atoms with Gasteiger partial charge in [-0.2, -0.15) is 5.10 Å². The summed E-state index contributed by atoms with van der Waals surface area (Å²) in [6.07, 6.45) is 8.96. The number of nitrogens with zero attached hydrogens (tertiary/aromatic N) is 3. The molecule has 2 saturated carbocycles. The van der Waals surface area contributed by atoms with E-state index in [0.717, 1.165) is 35.6 Å². The van der Waals surface area contributed by atoms with E-state index in [-0.39, 0.29) is 17.2 Å². The maximum Gasteiger partial charge on any atom is 0.404 e. The van der Waals surface area contributed by atoms with Crippen LogP contribution in [0.1, 0.15) is 49.5 Å². The minimum atomic E-state index is -3.42. The van der Waals surface area contributed by atoms with Crippen LogP contribution in [0.5, 0.6) is 0 Å². The maximum atomic E-state index is 13.2. The molecule has 2 aromatic heterocycles. The largest absolute Gasteiger partial charge is 0.465 e. The first kappa shape index (κ1) is 21.1. The summed E-state index contributed by atoms with van der Waals surface area (Å²) in [5.41, 5.74) is 1.41. The molecule has 2 heterocycles. The van der Waals surface area contributed by atoms with E-state index in [1.165, 1.54) is 11.3 Å². The molecule has 0 unspecified atom stereocenters. The second-order valence-electron chi connectivity index (χ2n) is 8.44. The number of hydrogen-bond donors (Lipinski definition) is 2. The molecule has 0 saturated heterocycles. The molecule has 0 aliphatic heterocycles. The van der Waals surface area contributed by atoms with E-state index < -0.39 is 15.9 Å². The van der Waals surface area contributed by atoms with Crippen LogP contribution in [0, 0.1) is 0 Å². The molecule has 32 heavy (non-hydrogen) atoms. The summed E-state index contributed by atoms with van der Waals surface area (Å²) in [7, 11) is -3.42. The van der Waals surface area contributed by atoms with E-state index in [9.17, 15) is 13.2 Å². The van der Waals surface area contributed by atoms with E-state index in [0.29, 0.717) is 29.0 Å². The van der Waals surface area contributed by atoms with Gasteiger partial charge in [0, 0.05) is 36.1 Å². The molecule has 2 fully saturated rings. The summed E-state index contributed by atoms with van der Waals surface area (Å²) in [4.78, 5) is 16.7. The molecule has 1 aromatic carbocycles. The van der Waals surface area contributed by atoms with E-state index in [4.69, 9.17) is 5.11 Å².